The number of hydrogen-bond donors (Lipinski definition) is 1. The van der Waals surface area contributed by atoms with Crippen molar-refractivity contribution in [1.29, 1.82) is 0 Å². The fraction of sp³-hybridized carbons (Fsp3) is 0. The number of aromatic amines is 1. The predicted octanol–water partition coefficient (Wildman–Crippen LogP) is 6.82. The van der Waals surface area contributed by atoms with Crippen LogP contribution in [-0.4, -0.2) is 45.2 Å². The van der Waals surface area contributed by atoms with Crippen LogP contribution in [0.1, 0.15) is 0 Å². The molecule has 1 radical (unpaired) electrons. The van der Waals surface area contributed by atoms with Crippen LogP contribution in [0, 0.1) is 38.6 Å². The average molecular weight is 757 g/mol. The zero-order chi connectivity index (χ0) is 31.0. The van der Waals surface area contributed by atoms with Gasteiger partial charge in [0.15, 0.2) is 11.6 Å². The van der Waals surface area contributed by atoms with E-state index in [1.807, 2.05) is 133 Å². The van der Waals surface area contributed by atoms with E-state index in [1.165, 1.54) is 0 Å². The third kappa shape index (κ3) is 7.71. The molecule has 2 aromatic carbocycles. The molecule has 0 unspecified atom stereocenters. The van der Waals surface area contributed by atoms with Gasteiger partial charge in [-0.3, -0.25) is 20.2 Å². The first kappa shape index (κ1) is 31.6. The summed E-state index contributed by atoms with van der Waals surface area (Å²) < 4.78 is 0. The Labute approximate surface area is 301 Å². The third-order valence-corrected chi connectivity index (χ3v) is 6.83. The maximum Gasteiger partial charge on any atom is 0.181 e. The number of rotatable bonds is 6. The van der Waals surface area contributed by atoms with Crippen LogP contribution in [0.2, 0.25) is 0 Å². The molecule has 0 aliphatic rings. The maximum atomic E-state index is 4.62. The first-order valence-corrected chi connectivity index (χ1v) is 14.5. The van der Waals surface area contributed by atoms with E-state index in [0.717, 1.165) is 39.6 Å². The van der Waals surface area contributed by atoms with Crippen molar-refractivity contribution in [2.75, 3.05) is 0 Å². The quantitative estimate of drug-likeness (QED) is 0.194. The van der Waals surface area contributed by atoms with E-state index in [9.17, 15) is 0 Å². The molecule has 0 aliphatic carbocycles. The van der Waals surface area contributed by atoms with Crippen molar-refractivity contribution in [3.05, 3.63) is 146 Å². The molecular formula is C36H25N10Tb-. The molecule has 0 spiro atoms. The number of nitrogens with zero attached hydrogens (tertiary/aromatic N) is 9. The monoisotopic (exact) mass is 756 g/mol. The van der Waals surface area contributed by atoms with Crippen LogP contribution >= 0.6 is 0 Å². The van der Waals surface area contributed by atoms with E-state index >= 15 is 0 Å². The van der Waals surface area contributed by atoms with Gasteiger partial charge < -0.3 is 10.1 Å². The molecule has 10 nitrogen and oxygen atoms in total. The minimum absolute atomic E-state index is 0. The number of hydrogen-bond acceptors (Lipinski definition) is 8. The Hall–Kier alpha value is -5.39. The molecule has 6 heterocycles. The first-order valence-electron chi connectivity index (χ1n) is 14.5. The molecular weight excluding hydrogens is 731 g/mol. The molecule has 11 heteroatoms. The van der Waals surface area contributed by atoms with Crippen LogP contribution in [-0.2, 0) is 0 Å². The summed E-state index contributed by atoms with van der Waals surface area (Å²) in [4.78, 5) is 26.9. The van der Waals surface area contributed by atoms with E-state index in [2.05, 4.69) is 50.3 Å². The van der Waals surface area contributed by atoms with Crippen molar-refractivity contribution >= 4 is 0 Å². The van der Waals surface area contributed by atoms with Gasteiger partial charge in [-0.1, -0.05) is 84.9 Å². The Balaban J connectivity index is 0.000000161. The molecule has 0 saturated carbocycles. The summed E-state index contributed by atoms with van der Waals surface area (Å²) in [6.07, 6.45) is 3.50. The topological polar surface area (TPSA) is 133 Å². The molecule has 47 heavy (non-hydrogen) atoms. The molecule has 0 bridgehead atoms. The second kappa shape index (κ2) is 15.3. The zero-order valence-corrected chi connectivity index (χ0v) is 26.9. The number of H-pyrrole nitrogens is 1. The van der Waals surface area contributed by atoms with Crippen LogP contribution in [0.15, 0.2) is 146 Å². The van der Waals surface area contributed by atoms with Crippen LogP contribution in [0.4, 0.5) is 0 Å². The molecule has 8 rings (SSSR count). The first-order chi connectivity index (χ1) is 22.8. The minimum atomic E-state index is 0. The third-order valence-electron chi connectivity index (χ3n) is 6.83. The van der Waals surface area contributed by atoms with E-state index in [0.29, 0.717) is 29.0 Å². The summed E-state index contributed by atoms with van der Waals surface area (Å²) in [5.74, 6) is 2.42. The molecule has 8 aromatic rings. The van der Waals surface area contributed by atoms with E-state index in [4.69, 9.17) is 0 Å². The second-order valence-corrected chi connectivity index (χ2v) is 9.94. The van der Waals surface area contributed by atoms with Crippen molar-refractivity contribution < 1.29 is 38.6 Å². The van der Waals surface area contributed by atoms with Crippen molar-refractivity contribution in [3.63, 3.8) is 0 Å². The van der Waals surface area contributed by atoms with Gasteiger partial charge in [-0.25, -0.2) is 15.0 Å². The summed E-state index contributed by atoms with van der Waals surface area (Å²) in [6, 6.07) is 42.6. The summed E-state index contributed by atoms with van der Waals surface area (Å²) in [5, 5.41) is 15.5. The van der Waals surface area contributed by atoms with Crippen LogP contribution in [0.3, 0.4) is 0 Å². The Morgan fingerprint density at radius 3 is 1.53 bits per heavy atom. The number of aromatic nitrogens is 10. The Morgan fingerprint density at radius 2 is 0.936 bits per heavy atom. The van der Waals surface area contributed by atoms with Crippen LogP contribution in [0.5, 0.6) is 0 Å². The molecule has 0 saturated heterocycles. The molecule has 0 aliphatic heterocycles. The van der Waals surface area contributed by atoms with Gasteiger partial charge in [-0.2, -0.15) is 5.10 Å². The molecule has 6 aromatic heterocycles. The zero-order valence-electron chi connectivity index (χ0n) is 24.7. The Bertz CT molecular complexity index is 2000. The smallest absolute Gasteiger partial charge is 0.181 e. The molecule has 1 N–H and O–H groups in total. The van der Waals surface area contributed by atoms with Crippen LogP contribution in [0.25, 0.3) is 68.6 Å². The maximum absolute atomic E-state index is 4.62. The number of pyridine rings is 4. The number of nitrogens with one attached hydrogen (secondary N) is 1. The van der Waals surface area contributed by atoms with Crippen molar-refractivity contribution in [2.24, 2.45) is 0 Å². The molecule has 0 fully saturated rings. The SMILES string of the molecule is [Tb].c1ccc(-c2n[n-]c(-c3cccc(-c4ccccn4)n3)n2)cc1.c1ccc(-c2n[nH]c(-c3cccc(-c4ccccn4)n3)n2)cc1. The standard InChI is InChI=1S/C18H13N5.C18H12N5.Tb/c2*1-2-7-13(8-3-1)17-21-18(23-22-17)16-11-6-10-15(20-16)14-9-4-5-12-19-14;/h1-12H,(H,21,22,23);1-12H;/q;-1;. The van der Waals surface area contributed by atoms with Crippen LogP contribution < -0.4 is 5.10 Å². The second-order valence-electron chi connectivity index (χ2n) is 9.94. The van der Waals surface area contributed by atoms with E-state index in [-0.39, 0.29) is 38.6 Å². The van der Waals surface area contributed by atoms with Gasteiger partial charge in [-0.05, 0) is 59.9 Å². The van der Waals surface area contributed by atoms with Crippen molar-refractivity contribution in [1.82, 2.24) is 50.3 Å². The minimum Gasteiger partial charge on any atom is -0.417 e. The Morgan fingerprint density at radius 1 is 0.426 bits per heavy atom. The van der Waals surface area contributed by atoms with Gasteiger partial charge in [-0.15, -0.1) is 0 Å². The molecule has 0 atom stereocenters. The molecule has 229 valence electrons. The summed E-state index contributed by atoms with van der Waals surface area (Å²) in [6.45, 7) is 0. The summed E-state index contributed by atoms with van der Waals surface area (Å²) in [5.41, 5.74) is 6.57. The predicted molar refractivity (Wildman–Crippen MR) is 176 cm³/mol. The summed E-state index contributed by atoms with van der Waals surface area (Å²) >= 11 is 0. The van der Waals surface area contributed by atoms with Gasteiger partial charge in [0.05, 0.1) is 34.3 Å². The fourth-order valence-corrected chi connectivity index (χ4v) is 4.59. The van der Waals surface area contributed by atoms with Gasteiger partial charge in [0.25, 0.3) is 0 Å². The summed E-state index contributed by atoms with van der Waals surface area (Å²) in [7, 11) is 0. The van der Waals surface area contributed by atoms with Gasteiger partial charge in [0.1, 0.15) is 5.69 Å². The molecule has 0 amide bonds. The Kier molecular flexibility index (Phi) is 10.3. The van der Waals surface area contributed by atoms with Gasteiger partial charge in [0.2, 0.25) is 0 Å². The average Bonchev–Trinajstić information content (AvgIpc) is 3.85. The number of benzene rings is 2. The van der Waals surface area contributed by atoms with Crippen molar-refractivity contribution in [2.45, 2.75) is 0 Å². The van der Waals surface area contributed by atoms with Gasteiger partial charge in [0, 0.05) is 56.6 Å². The normalized spacial score (nSPS) is 10.4. The van der Waals surface area contributed by atoms with Gasteiger partial charge >= 0.3 is 0 Å². The van der Waals surface area contributed by atoms with E-state index in [1.54, 1.807) is 12.4 Å². The van der Waals surface area contributed by atoms with E-state index < -0.39 is 0 Å². The van der Waals surface area contributed by atoms with Crippen molar-refractivity contribution in [3.8, 4) is 68.6 Å². The fourth-order valence-electron chi connectivity index (χ4n) is 4.59. The largest absolute Gasteiger partial charge is 0.417 e.